The number of carbonyl (C=O) groups excluding carboxylic acids is 1. The fourth-order valence-corrected chi connectivity index (χ4v) is 6.55. The number of halogens is 1. The van der Waals surface area contributed by atoms with Crippen molar-refractivity contribution < 1.29 is 19.2 Å². The molecule has 188 valence electrons. The maximum atomic E-state index is 13.3. The summed E-state index contributed by atoms with van der Waals surface area (Å²) in [5.74, 6) is 1.61. The summed E-state index contributed by atoms with van der Waals surface area (Å²) in [5.41, 5.74) is 9.71. The fourth-order valence-electron chi connectivity index (χ4n) is 4.17. The van der Waals surface area contributed by atoms with Crippen LogP contribution in [0.2, 0.25) is 0 Å². The number of phenolic OH excluding ortho intramolecular Hbond substituents is 1. The van der Waals surface area contributed by atoms with Gasteiger partial charge in [-0.25, -0.2) is 4.79 Å². The number of nitrogens with two attached hydrogens (primary N) is 1. The van der Waals surface area contributed by atoms with Gasteiger partial charge in [-0.2, -0.15) is 16.3 Å². The highest BCUT2D eigenvalue weighted by atomic mass is 79.9. The van der Waals surface area contributed by atoms with E-state index in [1.807, 2.05) is 60.4 Å². The third kappa shape index (κ3) is 5.44. The summed E-state index contributed by atoms with van der Waals surface area (Å²) in [5, 5.41) is 11.7. The second-order valence-corrected chi connectivity index (χ2v) is 11.0. The van der Waals surface area contributed by atoms with Crippen molar-refractivity contribution in [2.45, 2.75) is 23.3 Å². The molecule has 9 heteroatoms. The summed E-state index contributed by atoms with van der Waals surface area (Å²) in [6.07, 6.45) is 4.04. The second kappa shape index (κ2) is 12.2. The molecule has 0 radical (unpaired) electrons. The van der Waals surface area contributed by atoms with Crippen molar-refractivity contribution in [2.24, 2.45) is 12.8 Å². The molecule has 3 N–H and O–H groups in total. The molecule has 0 unspecified atom stereocenters. The Balaban J connectivity index is 1.82. The van der Waals surface area contributed by atoms with E-state index in [-0.39, 0.29) is 18.3 Å². The van der Waals surface area contributed by atoms with Crippen molar-refractivity contribution in [3.63, 3.8) is 0 Å². The van der Waals surface area contributed by atoms with Gasteiger partial charge in [-0.3, -0.25) is 0 Å². The van der Waals surface area contributed by atoms with Crippen molar-refractivity contribution in [1.82, 2.24) is 4.57 Å². The van der Waals surface area contributed by atoms with Crippen LogP contribution in [0.1, 0.15) is 28.5 Å². The van der Waals surface area contributed by atoms with Gasteiger partial charge in [0.25, 0.3) is 0 Å². The predicted octanol–water partition coefficient (Wildman–Crippen LogP) is 5.58. The molecule has 6 nitrogen and oxygen atoms in total. The third-order valence-electron chi connectivity index (χ3n) is 5.85. The van der Waals surface area contributed by atoms with Crippen LogP contribution < -0.4 is 10.3 Å². The number of nitrogens with zero attached hydrogens (tertiary/aromatic N) is 2. The minimum absolute atomic E-state index is 0.146. The molecule has 36 heavy (non-hydrogen) atoms. The number of aryl methyl sites for hydroxylation is 1. The summed E-state index contributed by atoms with van der Waals surface area (Å²) in [4.78, 5) is 14.4. The molecule has 4 rings (SSSR count). The van der Waals surface area contributed by atoms with Crippen LogP contribution in [0.25, 0.3) is 16.6 Å². The molecule has 0 atom stereocenters. The summed E-state index contributed by atoms with van der Waals surface area (Å²) in [6.45, 7) is 2.62. The van der Waals surface area contributed by atoms with E-state index < -0.39 is 0 Å². The molecule has 2 aromatic carbocycles. The Hall–Kier alpha value is -2.46. The first-order valence-electron chi connectivity index (χ1n) is 11.6. The van der Waals surface area contributed by atoms with Gasteiger partial charge in [0.05, 0.1) is 27.1 Å². The van der Waals surface area contributed by atoms with E-state index in [2.05, 4.69) is 32.6 Å². The van der Waals surface area contributed by atoms with Gasteiger partial charge >= 0.3 is 5.97 Å². The Morgan fingerprint density at radius 2 is 1.92 bits per heavy atom. The highest BCUT2D eigenvalue weighted by Gasteiger charge is 2.27. The van der Waals surface area contributed by atoms with E-state index in [1.165, 1.54) is 0 Å². The van der Waals surface area contributed by atoms with E-state index in [0.717, 1.165) is 32.9 Å². The summed E-state index contributed by atoms with van der Waals surface area (Å²) >= 11 is 6.79. The average molecular weight is 588 g/mol. The smallest absolute Gasteiger partial charge is 0.340 e. The van der Waals surface area contributed by atoms with E-state index in [4.69, 9.17) is 10.5 Å². The minimum atomic E-state index is -0.379. The fraction of sp³-hybridized carbons (Fsp3) is 0.259. The largest absolute Gasteiger partial charge is 0.506 e. The van der Waals surface area contributed by atoms with Crippen molar-refractivity contribution >= 4 is 56.3 Å². The van der Waals surface area contributed by atoms with Gasteiger partial charge in [0.15, 0.2) is 12.4 Å². The van der Waals surface area contributed by atoms with Crippen molar-refractivity contribution in [2.75, 3.05) is 18.9 Å². The Bertz CT molecular complexity index is 1380. The third-order valence-corrected chi connectivity index (χ3v) is 8.55. The van der Waals surface area contributed by atoms with Crippen molar-refractivity contribution in [1.29, 1.82) is 0 Å². The lowest BCUT2D eigenvalue weighted by molar-refractivity contribution is -0.598. The topological polar surface area (TPSA) is 81.4 Å². The van der Waals surface area contributed by atoms with Crippen molar-refractivity contribution in [3.05, 3.63) is 82.2 Å². The van der Waals surface area contributed by atoms with Gasteiger partial charge in [-0.15, -0.1) is 11.8 Å². The number of carbonyl (C=O) groups is 1. The highest BCUT2D eigenvalue weighted by Crippen LogP contribution is 2.42. The molecule has 4 aromatic rings. The lowest BCUT2D eigenvalue weighted by Crippen LogP contribution is -2.29. The van der Waals surface area contributed by atoms with Gasteiger partial charge in [-0.1, -0.05) is 18.2 Å². The highest BCUT2D eigenvalue weighted by molar-refractivity contribution is 9.10. The predicted molar refractivity (Wildman–Crippen MR) is 151 cm³/mol. The van der Waals surface area contributed by atoms with Crippen molar-refractivity contribution in [3.8, 4) is 11.4 Å². The molecule has 0 saturated heterocycles. The number of phenols is 1. The molecular formula is C27H29BrN3O3S2+. The zero-order valence-electron chi connectivity index (χ0n) is 20.2. The zero-order chi connectivity index (χ0) is 25.7. The van der Waals surface area contributed by atoms with Crippen LogP contribution in [0.4, 0.5) is 0 Å². The number of fused-ring (bicyclic) bond motifs is 1. The minimum Gasteiger partial charge on any atom is -0.506 e. The van der Waals surface area contributed by atoms with Crippen LogP contribution in [0.5, 0.6) is 5.75 Å². The molecular weight excluding hydrogens is 558 g/mol. The molecule has 0 spiro atoms. The molecule has 0 aliphatic carbocycles. The summed E-state index contributed by atoms with van der Waals surface area (Å²) in [6, 6.07) is 16.1. The van der Waals surface area contributed by atoms with E-state index >= 15 is 0 Å². The van der Waals surface area contributed by atoms with Gasteiger partial charge in [0.1, 0.15) is 5.75 Å². The number of ether oxygens (including phenoxy) is 1. The lowest BCUT2D eigenvalue weighted by Gasteiger charge is -2.11. The van der Waals surface area contributed by atoms with Crippen LogP contribution in [-0.2, 0) is 23.3 Å². The van der Waals surface area contributed by atoms with Gasteiger partial charge in [0.2, 0.25) is 5.69 Å². The lowest BCUT2D eigenvalue weighted by atomic mass is 10.0. The molecule has 2 heterocycles. The average Bonchev–Trinajstić information content (AvgIpc) is 3.17. The van der Waals surface area contributed by atoms with Crippen LogP contribution in [-0.4, -0.2) is 34.5 Å². The number of esters is 1. The first-order chi connectivity index (χ1) is 17.5. The molecule has 0 aliphatic rings. The van der Waals surface area contributed by atoms with Gasteiger partial charge in [0, 0.05) is 65.7 Å². The number of hydrogen-bond acceptors (Lipinski definition) is 6. The Labute approximate surface area is 228 Å². The number of benzene rings is 2. The summed E-state index contributed by atoms with van der Waals surface area (Å²) in [7, 11) is 1.96. The number of aromatic nitrogens is 2. The monoisotopic (exact) mass is 586 g/mol. The number of rotatable bonds is 10. The Morgan fingerprint density at radius 1 is 1.17 bits per heavy atom. The van der Waals surface area contributed by atoms with Gasteiger partial charge in [-0.05, 0) is 35.0 Å². The van der Waals surface area contributed by atoms with Crippen LogP contribution in [0.3, 0.4) is 0 Å². The number of aromatic hydroxyl groups is 1. The number of thioether (sulfide) groups is 2. The normalized spacial score (nSPS) is 11.2. The first kappa shape index (κ1) is 26.6. The molecule has 0 aliphatic heterocycles. The number of pyridine rings is 1. The van der Waals surface area contributed by atoms with Gasteiger partial charge < -0.3 is 20.1 Å². The van der Waals surface area contributed by atoms with Crippen LogP contribution >= 0.6 is 39.5 Å². The second-order valence-electron chi connectivity index (χ2n) is 8.06. The van der Waals surface area contributed by atoms with Crippen LogP contribution in [0, 0.1) is 0 Å². The maximum Gasteiger partial charge on any atom is 0.340 e. The quantitative estimate of drug-likeness (QED) is 0.109. The first-order valence-corrected chi connectivity index (χ1v) is 14.6. The van der Waals surface area contributed by atoms with Crippen LogP contribution in [0.15, 0.2) is 70.3 Å². The zero-order valence-corrected chi connectivity index (χ0v) is 23.5. The SMILES string of the molecule is CCOC(=O)c1c(CSc2ccccc2-[n+]2ccccc2)n(C)c2cc(Br)c(O)c(CSCCN)c12. The molecule has 2 aromatic heterocycles. The Kier molecular flexibility index (Phi) is 9.00. The number of para-hydroxylation sites is 1. The molecule has 0 bridgehead atoms. The van der Waals surface area contributed by atoms with E-state index in [1.54, 1.807) is 30.4 Å². The van der Waals surface area contributed by atoms with E-state index in [9.17, 15) is 9.90 Å². The standard InChI is InChI=1S/C27H28BrN3O3S2/c1-3-34-27(33)25-22(17-36-23-10-6-5-9-20(23)31-12-7-4-8-13-31)30(2)21-15-19(28)26(32)18(24(21)25)16-35-14-11-29/h4-10,12-13,15H,3,11,14,16-17,29H2,1-2H3/p+1. The maximum absolute atomic E-state index is 13.3. The molecule has 0 saturated carbocycles. The summed E-state index contributed by atoms with van der Waals surface area (Å²) < 4.78 is 10.2. The molecule has 0 amide bonds. The Morgan fingerprint density at radius 3 is 2.64 bits per heavy atom. The number of hydrogen-bond donors (Lipinski definition) is 2. The van der Waals surface area contributed by atoms with E-state index in [0.29, 0.717) is 33.7 Å². The molecule has 0 fully saturated rings.